The average molecular weight is 300 g/mol. The van der Waals surface area contributed by atoms with Crippen LogP contribution in [-0.4, -0.2) is 5.78 Å². The van der Waals surface area contributed by atoms with E-state index in [-0.39, 0.29) is 11.7 Å². The molecule has 1 nitrogen and oxygen atoms in total. The molecule has 4 rings (SSSR count). The maximum atomic E-state index is 12.9. The summed E-state index contributed by atoms with van der Waals surface area (Å²) in [5, 5.41) is 2.44. The van der Waals surface area contributed by atoms with Crippen molar-refractivity contribution in [3.05, 3.63) is 82.9 Å². The van der Waals surface area contributed by atoms with Gasteiger partial charge in [-0.15, -0.1) is 0 Å². The average Bonchev–Trinajstić information content (AvgIpc) is 2.91. The van der Waals surface area contributed by atoms with Gasteiger partial charge < -0.3 is 0 Å². The first kappa shape index (κ1) is 14.2. The minimum Gasteiger partial charge on any atom is -0.293 e. The third kappa shape index (κ3) is 2.28. The van der Waals surface area contributed by atoms with E-state index >= 15 is 0 Å². The predicted octanol–water partition coefficient (Wildman–Crippen LogP) is 5.49. The first-order valence-electron chi connectivity index (χ1n) is 8.30. The van der Waals surface area contributed by atoms with Crippen LogP contribution in [0.2, 0.25) is 0 Å². The highest BCUT2D eigenvalue weighted by molar-refractivity contribution is 6.07. The molecule has 0 heterocycles. The number of hydrogen-bond acceptors (Lipinski definition) is 1. The van der Waals surface area contributed by atoms with Crippen molar-refractivity contribution < 1.29 is 4.79 Å². The highest BCUT2D eigenvalue weighted by Gasteiger charge is 2.32. The fourth-order valence-electron chi connectivity index (χ4n) is 3.68. The fraction of sp³-hybridized carbons (Fsp3) is 0.227. The Morgan fingerprint density at radius 2 is 1.70 bits per heavy atom. The van der Waals surface area contributed by atoms with Crippen molar-refractivity contribution in [2.45, 2.75) is 32.1 Å². The Kier molecular flexibility index (Phi) is 3.30. The lowest BCUT2D eigenvalue weighted by Crippen LogP contribution is -2.08. The molecule has 0 aliphatic heterocycles. The number of hydrogen-bond donors (Lipinski definition) is 0. The number of Topliss-reactive ketones (excluding diaryl/α,β-unsaturated/α-hetero) is 1. The van der Waals surface area contributed by atoms with Gasteiger partial charge in [0.05, 0.1) is 5.92 Å². The first-order valence-corrected chi connectivity index (χ1v) is 8.30. The Hall–Kier alpha value is -2.41. The molecule has 1 atom stereocenters. The molecule has 23 heavy (non-hydrogen) atoms. The van der Waals surface area contributed by atoms with E-state index in [4.69, 9.17) is 0 Å². The number of benzene rings is 3. The lowest BCUT2D eigenvalue weighted by atomic mass is 9.87. The topological polar surface area (TPSA) is 17.1 Å². The van der Waals surface area contributed by atoms with Gasteiger partial charge in [0.1, 0.15) is 0 Å². The lowest BCUT2D eigenvalue weighted by Gasteiger charge is -2.16. The lowest BCUT2D eigenvalue weighted by molar-refractivity contribution is 0.0973. The quantitative estimate of drug-likeness (QED) is 0.612. The SMILES string of the molecule is CC(C)c1cc(C2Cc3ccccc3C2=O)c2ccccc2c1. The zero-order valence-corrected chi connectivity index (χ0v) is 13.5. The van der Waals surface area contributed by atoms with Crippen molar-refractivity contribution >= 4 is 16.6 Å². The standard InChI is InChI=1S/C22H20O/c1-14(2)17-11-15-7-3-5-9-18(15)20(13-17)21-12-16-8-4-6-10-19(16)22(21)23/h3-11,13-14,21H,12H2,1-2H3. The molecule has 3 aromatic carbocycles. The third-order valence-electron chi connectivity index (χ3n) is 4.98. The number of fused-ring (bicyclic) bond motifs is 2. The molecule has 0 spiro atoms. The third-order valence-corrected chi connectivity index (χ3v) is 4.98. The monoisotopic (exact) mass is 300 g/mol. The highest BCUT2D eigenvalue weighted by atomic mass is 16.1. The van der Waals surface area contributed by atoms with Gasteiger partial charge in [-0.25, -0.2) is 0 Å². The molecular weight excluding hydrogens is 280 g/mol. The summed E-state index contributed by atoms with van der Waals surface area (Å²) >= 11 is 0. The number of carbonyl (C=O) groups is 1. The van der Waals surface area contributed by atoms with Crippen molar-refractivity contribution in [1.29, 1.82) is 0 Å². The van der Waals surface area contributed by atoms with E-state index in [9.17, 15) is 4.79 Å². The second-order valence-corrected chi connectivity index (χ2v) is 6.76. The molecule has 114 valence electrons. The molecule has 0 saturated heterocycles. The van der Waals surface area contributed by atoms with Crippen molar-refractivity contribution in [1.82, 2.24) is 0 Å². The van der Waals surface area contributed by atoms with Crippen LogP contribution in [0.4, 0.5) is 0 Å². The maximum absolute atomic E-state index is 12.9. The van der Waals surface area contributed by atoms with Crippen molar-refractivity contribution in [2.24, 2.45) is 0 Å². The summed E-state index contributed by atoms with van der Waals surface area (Å²) in [7, 11) is 0. The summed E-state index contributed by atoms with van der Waals surface area (Å²) in [4.78, 5) is 12.9. The van der Waals surface area contributed by atoms with Gasteiger partial charge in [0.2, 0.25) is 0 Å². The van der Waals surface area contributed by atoms with Gasteiger partial charge in [0, 0.05) is 5.56 Å². The van der Waals surface area contributed by atoms with Crippen LogP contribution in [0, 0.1) is 0 Å². The van der Waals surface area contributed by atoms with Crippen LogP contribution in [-0.2, 0) is 6.42 Å². The van der Waals surface area contributed by atoms with Gasteiger partial charge in [0.25, 0.3) is 0 Å². The van der Waals surface area contributed by atoms with Crippen molar-refractivity contribution in [2.75, 3.05) is 0 Å². The summed E-state index contributed by atoms with van der Waals surface area (Å²) in [5.41, 5.74) is 4.58. The van der Waals surface area contributed by atoms with Gasteiger partial charge in [0.15, 0.2) is 5.78 Å². The van der Waals surface area contributed by atoms with Crippen LogP contribution in [0.5, 0.6) is 0 Å². The molecule has 0 bridgehead atoms. The Labute approximate surface area is 137 Å². The summed E-state index contributed by atoms with van der Waals surface area (Å²) < 4.78 is 0. The minimum absolute atomic E-state index is 0.0454. The molecule has 1 aliphatic carbocycles. The summed E-state index contributed by atoms with van der Waals surface area (Å²) in [5.74, 6) is 0.680. The molecule has 0 saturated carbocycles. The van der Waals surface area contributed by atoms with Crippen LogP contribution in [0.15, 0.2) is 60.7 Å². The van der Waals surface area contributed by atoms with Gasteiger partial charge in [-0.1, -0.05) is 74.5 Å². The Morgan fingerprint density at radius 1 is 0.957 bits per heavy atom. The molecule has 0 N–H and O–H groups in total. The Morgan fingerprint density at radius 3 is 2.48 bits per heavy atom. The van der Waals surface area contributed by atoms with Gasteiger partial charge in [-0.05, 0) is 39.8 Å². The van der Waals surface area contributed by atoms with Crippen LogP contribution in [0.25, 0.3) is 10.8 Å². The minimum atomic E-state index is -0.0454. The molecule has 3 aromatic rings. The molecule has 0 radical (unpaired) electrons. The highest BCUT2D eigenvalue weighted by Crippen LogP contribution is 2.38. The zero-order chi connectivity index (χ0) is 16.0. The molecule has 1 heteroatoms. The van der Waals surface area contributed by atoms with E-state index in [0.29, 0.717) is 5.92 Å². The van der Waals surface area contributed by atoms with E-state index in [1.807, 2.05) is 18.2 Å². The van der Waals surface area contributed by atoms with Gasteiger partial charge in [-0.2, -0.15) is 0 Å². The van der Waals surface area contributed by atoms with Crippen molar-refractivity contribution in [3.8, 4) is 0 Å². The summed E-state index contributed by atoms with van der Waals surface area (Å²) in [6.45, 7) is 4.41. The molecule has 0 fully saturated rings. The van der Waals surface area contributed by atoms with Crippen LogP contribution >= 0.6 is 0 Å². The largest absolute Gasteiger partial charge is 0.293 e. The first-order chi connectivity index (χ1) is 11.1. The van der Waals surface area contributed by atoms with E-state index in [1.165, 1.54) is 27.5 Å². The van der Waals surface area contributed by atoms with Gasteiger partial charge >= 0.3 is 0 Å². The molecular formula is C22H20O. The summed E-state index contributed by atoms with van der Waals surface area (Å²) in [6, 6.07) is 21.0. The number of carbonyl (C=O) groups excluding carboxylic acids is 1. The Bertz CT molecular complexity index is 905. The van der Waals surface area contributed by atoms with Crippen molar-refractivity contribution in [3.63, 3.8) is 0 Å². The fourth-order valence-corrected chi connectivity index (χ4v) is 3.68. The molecule has 0 amide bonds. The number of rotatable bonds is 2. The van der Waals surface area contributed by atoms with Crippen LogP contribution < -0.4 is 0 Å². The number of ketones is 1. The zero-order valence-electron chi connectivity index (χ0n) is 13.5. The van der Waals surface area contributed by atoms with E-state index in [2.05, 4.69) is 56.3 Å². The molecule has 0 aromatic heterocycles. The maximum Gasteiger partial charge on any atom is 0.170 e. The van der Waals surface area contributed by atoms with Crippen LogP contribution in [0.3, 0.4) is 0 Å². The second-order valence-electron chi connectivity index (χ2n) is 6.76. The van der Waals surface area contributed by atoms with E-state index < -0.39 is 0 Å². The van der Waals surface area contributed by atoms with Crippen LogP contribution in [0.1, 0.15) is 52.7 Å². The second kappa shape index (κ2) is 5.34. The normalized spacial score (nSPS) is 17.0. The Balaban J connectivity index is 1.91. The van der Waals surface area contributed by atoms with E-state index in [1.54, 1.807) is 0 Å². The molecule has 1 unspecified atom stereocenters. The molecule has 1 aliphatic rings. The van der Waals surface area contributed by atoms with Gasteiger partial charge in [-0.3, -0.25) is 4.79 Å². The van der Waals surface area contributed by atoms with E-state index in [0.717, 1.165) is 12.0 Å². The predicted molar refractivity (Wildman–Crippen MR) is 95.3 cm³/mol. The smallest absolute Gasteiger partial charge is 0.170 e. The summed E-state index contributed by atoms with van der Waals surface area (Å²) in [6.07, 6.45) is 0.820.